The van der Waals surface area contributed by atoms with Gasteiger partial charge in [-0.15, -0.1) is 0 Å². The first-order valence-electron chi connectivity index (χ1n) is 5.63. The molecular weight excluding hydrogens is 230 g/mol. The van der Waals surface area contributed by atoms with E-state index in [9.17, 15) is 9.59 Å². The van der Waals surface area contributed by atoms with Crippen molar-refractivity contribution in [3.8, 4) is 0 Å². The topological polar surface area (TPSA) is 78.0 Å². The van der Waals surface area contributed by atoms with Crippen LogP contribution < -0.4 is 5.73 Å². The van der Waals surface area contributed by atoms with Gasteiger partial charge in [-0.3, -0.25) is 14.3 Å². The van der Waals surface area contributed by atoms with E-state index in [1.54, 1.807) is 10.9 Å². The normalized spacial score (nSPS) is 17.8. The fourth-order valence-electron chi connectivity index (χ4n) is 2.31. The Hall–Kier alpha value is -2.43. The van der Waals surface area contributed by atoms with E-state index in [-0.39, 0.29) is 11.8 Å². The zero-order valence-electron chi connectivity index (χ0n) is 9.54. The van der Waals surface area contributed by atoms with Crippen molar-refractivity contribution in [3.63, 3.8) is 0 Å². The summed E-state index contributed by atoms with van der Waals surface area (Å²) in [5, 5.41) is 4.12. The highest BCUT2D eigenvalue weighted by Crippen LogP contribution is 2.33. The average molecular weight is 241 g/mol. The number of Topliss-reactive ketones (excluding diaryl/α,β-unsaturated/α-hetero) is 1. The number of hydrogen-bond donors (Lipinski definition) is 1. The van der Waals surface area contributed by atoms with Crippen molar-refractivity contribution in [1.29, 1.82) is 0 Å². The summed E-state index contributed by atoms with van der Waals surface area (Å²) in [6.07, 6.45) is 3.38. The lowest BCUT2D eigenvalue weighted by atomic mass is 10.1. The van der Waals surface area contributed by atoms with Crippen LogP contribution in [0.4, 0.5) is 0 Å². The average Bonchev–Trinajstić information content (AvgIpc) is 2.95. The Morgan fingerprint density at radius 3 is 2.89 bits per heavy atom. The number of nitrogens with two attached hydrogens (primary N) is 1. The van der Waals surface area contributed by atoms with Gasteiger partial charge in [-0.2, -0.15) is 5.10 Å². The second-order valence-electron chi connectivity index (χ2n) is 4.30. The van der Waals surface area contributed by atoms with Gasteiger partial charge in [0.2, 0.25) is 0 Å². The van der Waals surface area contributed by atoms with E-state index in [0.29, 0.717) is 12.0 Å². The monoisotopic (exact) mass is 241 g/mol. The van der Waals surface area contributed by atoms with Gasteiger partial charge in [0.25, 0.3) is 5.91 Å². The number of aromatic nitrogens is 2. The summed E-state index contributed by atoms with van der Waals surface area (Å²) in [7, 11) is 0. The third-order valence-electron chi connectivity index (χ3n) is 3.20. The van der Waals surface area contributed by atoms with Crippen molar-refractivity contribution >= 4 is 11.7 Å². The quantitative estimate of drug-likeness (QED) is 0.856. The Morgan fingerprint density at radius 2 is 2.17 bits per heavy atom. The summed E-state index contributed by atoms with van der Waals surface area (Å²) in [5.74, 6) is -0.411. The van der Waals surface area contributed by atoms with Gasteiger partial charge in [-0.1, -0.05) is 24.3 Å². The van der Waals surface area contributed by atoms with Crippen LogP contribution in [0, 0.1) is 0 Å². The number of ketones is 1. The second kappa shape index (κ2) is 3.80. The van der Waals surface area contributed by atoms with Crippen LogP contribution in [0.5, 0.6) is 0 Å². The molecule has 0 saturated carbocycles. The van der Waals surface area contributed by atoms with Gasteiger partial charge >= 0.3 is 0 Å². The van der Waals surface area contributed by atoms with Gasteiger partial charge in [-0.25, -0.2) is 0 Å². The third-order valence-corrected chi connectivity index (χ3v) is 3.20. The van der Waals surface area contributed by atoms with E-state index < -0.39 is 5.91 Å². The molecule has 0 bridgehead atoms. The summed E-state index contributed by atoms with van der Waals surface area (Å²) in [4.78, 5) is 22.9. The molecule has 0 radical (unpaired) electrons. The van der Waals surface area contributed by atoms with E-state index in [1.165, 1.54) is 6.20 Å². The van der Waals surface area contributed by atoms with Crippen molar-refractivity contribution in [3.05, 3.63) is 53.3 Å². The molecular formula is C13H11N3O2. The standard InChI is InChI=1S/C13H11N3O2/c14-13(18)8-6-15-16(7-8)11-5-12(17)10-4-2-1-3-9(10)11/h1-4,6-7,11H,5H2,(H2,14,18). The highest BCUT2D eigenvalue weighted by molar-refractivity contribution is 6.01. The molecule has 1 heterocycles. The number of benzene rings is 1. The van der Waals surface area contributed by atoms with Gasteiger partial charge in [0.05, 0.1) is 17.8 Å². The number of fused-ring (bicyclic) bond motifs is 1. The zero-order valence-corrected chi connectivity index (χ0v) is 9.54. The van der Waals surface area contributed by atoms with Gasteiger partial charge in [0.15, 0.2) is 5.78 Å². The first kappa shape index (κ1) is 10.7. The number of rotatable bonds is 2. The molecule has 5 heteroatoms. The molecule has 0 aliphatic heterocycles. The molecule has 0 fully saturated rings. The SMILES string of the molecule is NC(=O)c1cnn(C2CC(=O)c3ccccc32)c1. The maximum atomic E-state index is 11.9. The summed E-state index contributed by atoms with van der Waals surface area (Å²) in [6, 6.07) is 7.33. The smallest absolute Gasteiger partial charge is 0.251 e. The number of nitrogens with zero attached hydrogens (tertiary/aromatic N) is 2. The predicted molar refractivity (Wildman–Crippen MR) is 64.3 cm³/mol. The Bertz CT molecular complexity index is 645. The molecule has 0 saturated heterocycles. The van der Waals surface area contributed by atoms with E-state index in [1.807, 2.05) is 24.3 Å². The van der Waals surface area contributed by atoms with Gasteiger partial charge < -0.3 is 5.73 Å². The van der Waals surface area contributed by atoms with Crippen LogP contribution >= 0.6 is 0 Å². The van der Waals surface area contributed by atoms with Crippen LogP contribution in [0.25, 0.3) is 0 Å². The Morgan fingerprint density at radius 1 is 1.39 bits per heavy atom. The van der Waals surface area contributed by atoms with Crippen molar-refractivity contribution in [1.82, 2.24) is 9.78 Å². The molecule has 2 aromatic rings. The molecule has 1 atom stereocenters. The van der Waals surface area contributed by atoms with Crippen molar-refractivity contribution < 1.29 is 9.59 Å². The highest BCUT2D eigenvalue weighted by atomic mass is 16.1. The minimum absolute atomic E-state index is 0.103. The second-order valence-corrected chi connectivity index (χ2v) is 4.30. The van der Waals surface area contributed by atoms with Crippen LogP contribution in [-0.2, 0) is 0 Å². The first-order valence-corrected chi connectivity index (χ1v) is 5.63. The maximum absolute atomic E-state index is 11.9. The number of amides is 1. The van der Waals surface area contributed by atoms with E-state index in [4.69, 9.17) is 5.73 Å². The fraction of sp³-hybridized carbons (Fsp3) is 0.154. The molecule has 90 valence electrons. The zero-order chi connectivity index (χ0) is 12.7. The first-order chi connectivity index (χ1) is 8.66. The summed E-state index contributed by atoms with van der Waals surface area (Å²) >= 11 is 0. The molecule has 1 aliphatic carbocycles. The molecule has 0 spiro atoms. The van der Waals surface area contributed by atoms with E-state index in [2.05, 4.69) is 5.10 Å². The Kier molecular flexibility index (Phi) is 2.26. The van der Waals surface area contributed by atoms with Gasteiger partial charge in [0.1, 0.15) is 0 Å². The minimum atomic E-state index is -0.515. The number of carbonyl (C=O) groups excluding carboxylic acids is 2. The lowest BCUT2D eigenvalue weighted by Gasteiger charge is -2.10. The molecule has 18 heavy (non-hydrogen) atoms. The molecule has 1 aromatic heterocycles. The molecule has 1 aromatic carbocycles. The van der Waals surface area contributed by atoms with Crippen LogP contribution in [0.2, 0.25) is 0 Å². The van der Waals surface area contributed by atoms with E-state index in [0.717, 1.165) is 11.1 Å². The summed E-state index contributed by atoms with van der Waals surface area (Å²) in [5.41, 5.74) is 7.22. The Labute approximate surface area is 103 Å². The molecule has 1 aliphatic rings. The lowest BCUT2D eigenvalue weighted by molar-refractivity contribution is 0.0983. The van der Waals surface area contributed by atoms with Crippen molar-refractivity contribution in [2.24, 2.45) is 5.73 Å². The van der Waals surface area contributed by atoms with Gasteiger partial charge in [0, 0.05) is 18.2 Å². The number of hydrogen-bond acceptors (Lipinski definition) is 3. The number of carbonyl (C=O) groups is 2. The lowest BCUT2D eigenvalue weighted by Crippen LogP contribution is -2.11. The number of primary amides is 1. The minimum Gasteiger partial charge on any atom is -0.366 e. The largest absolute Gasteiger partial charge is 0.366 e. The van der Waals surface area contributed by atoms with E-state index >= 15 is 0 Å². The maximum Gasteiger partial charge on any atom is 0.251 e. The molecule has 1 unspecified atom stereocenters. The predicted octanol–water partition coefficient (Wildman–Crippen LogP) is 1.16. The Balaban J connectivity index is 2.04. The fourth-order valence-corrected chi connectivity index (χ4v) is 2.31. The summed E-state index contributed by atoms with van der Waals surface area (Å²) in [6.45, 7) is 0. The van der Waals surface area contributed by atoms with Crippen molar-refractivity contribution in [2.75, 3.05) is 0 Å². The summed E-state index contributed by atoms with van der Waals surface area (Å²) < 4.78 is 1.63. The van der Waals surface area contributed by atoms with Crippen molar-refractivity contribution in [2.45, 2.75) is 12.5 Å². The molecule has 1 amide bonds. The molecule has 5 nitrogen and oxygen atoms in total. The van der Waals surface area contributed by atoms with Gasteiger partial charge in [-0.05, 0) is 5.56 Å². The van der Waals surface area contributed by atoms with Crippen LogP contribution in [0.3, 0.4) is 0 Å². The van der Waals surface area contributed by atoms with Crippen LogP contribution in [0.1, 0.15) is 38.7 Å². The highest BCUT2D eigenvalue weighted by Gasteiger charge is 2.30. The molecule has 2 N–H and O–H groups in total. The third kappa shape index (κ3) is 1.52. The molecule has 3 rings (SSSR count). The van der Waals surface area contributed by atoms with Crippen LogP contribution in [0.15, 0.2) is 36.7 Å². The van der Waals surface area contributed by atoms with Crippen LogP contribution in [-0.4, -0.2) is 21.5 Å².